The van der Waals surface area contributed by atoms with Crippen LogP contribution in [0.25, 0.3) is 0 Å². The Hall–Kier alpha value is -3.88. The van der Waals surface area contributed by atoms with Crippen LogP contribution in [0.3, 0.4) is 0 Å². The third-order valence-electron chi connectivity index (χ3n) is 3.39. The highest BCUT2D eigenvalue weighted by Gasteiger charge is 2.13. The molecular formula is C18H17N3O6. The quantitative estimate of drug-likeness (QED) is 0.314. The summed E-state index contributed by atoms with van der Waals surface area (Å²) in [5.41, 5.74) is 2.97. The molecule has 0 heterocycles. The second kappa shape index (κ2) is 8.99. The van der Waals surface area contributed by atoms with Crippen LogP contribution in [0.5, 0.6) is 11.5 Å². The molecule has 2 aromatic carbocycles. The molecule has 0 aromatic heterocycles. The lowest BCUT2D eigenvalue weighted by Crippen LogP contribution is -2.32. The van der Waals surface area contributed by atoms with Gasteiger partial charge in [-0.25, -0.2) is 10.2 Å². The Balaban J connectivity index is 1.94. The van der Waals surface area contributed by atoms with Crippen molar-refractivity contribution >= 4 is 29.7 Å². The fourth-order valence-corrected chi connectivity index (χ4v) is 2.01. The van der Waals surface area contributed by atoms with Crippen molar-refractivity contribution in [3.05, 3.63) is 53.6 Å². The molecule has 2 aromatic rings. The van der Waals surface area contributed by atoms with Gasteiger partial charge in [0.05, 0.1) is 26.0 Å². The summed E-state index contributed by atoms with van der Waals surface area (Å²) in [4.78, 5) is 34.9. The van der Waals surface area contributed by atoms with Crippen LogP contribution in [0.2, 0.25) is 0 Å². The molecule has 0 bridgehead atoms. The molecule has 0 aliphatic heterocycles. The number of nitrogens with one attached hydrogen (secondary N) is 2. The largest absolute Gasteiger partial charge is 0.504 e. The van der Waals surface area contributed by atoms with E-state index in [0.29, 0.717) is 16.8 Å². The Morgan fingerprint density at radius 2 is 1.74 bits per heavy atom. The summed E-state index contributed by atoms with van der Waals surface area (Å²) >= 11 is 0. The second-order valence-corrected chi connectivity index (χ2v) is 5.12. The molecule has 0 spiro atoms. The van der Waals surface area contributed by atoms with Crippen LogP contribution in [-0.4, -0.2) is 43.3 Å². The fraction of sp³-hybridized carbons (Fsp3) is 0.111. The van der Waals surface area contributed by atoms with Gasteiger partial charge in [-0.3, -0.25) is 9.59 Å². The molecule has 0 aliphatic rings. The van der Waals surface area contributed by atoms with Gasteiger partial charge in [0.1, 0.15) is 0 Å². The first-order valence-electron chi connectivity index (χ1n) is 7.65. The van der Waals surface area contributed by atoms with Crippen molar-refractivity contribution in [1.29, 1.82) is 0 Å². The van der Waals surface area contributed by atoms with E-state index in [1.807, 2.05) is 5.43 Å². The summed E-state index contributed by atoms with van der Waals surface area (Å²) in [5.74, 6) is -2.37. The van der Waals surface area contributed by atoms with E-state index in [2.05, 4.69) is 15.2 Å². The van der Waals surface area contributed by atoms with Gasteiger partial charge in [0.15, 0.2) is 11.5 Å². The SMILES string of the molecule is COC(=O)c1ccc(NC(=O)C(=O)N/N=C\c2cccc(OC)c2O)cc1. The first-order chi connectivity index (χ1) is 13.0. The number of hydrazone groups is 1. The molecule has 3 N–H and O–H groups in total. The average molecular weight is 371 g/mol. The van der Waals surface area contributed by atoms with Crippen LogP contribution in [0.1, 0.15) is 15.9 Å². The van der Waals surface area contributed by atoms with Gasteiger partial charge in [0, 0.05) is 11.3 Å². The average Bonchev–Trinajstić information content (AvgIpc) is 2.69. The van der Waals surface area contributed by atoms with Gasteiger partial charge in [-0.2, -0.15) is 5.10 Å². The number of anilines is 1. The van der Waals surface area contributed by atoms with E-state index in [1.54, 1.807) is 18.2 Å². The van der Waals surface area contributed by atoms with E-state index in [-0.39, 0.29) is 11.5 Å². The number of esters is 1. The Morgan fingerprint density at radius 3 is 2.37 bits per heavy atom. The minimum atomic E-state index is -1.01. The number of benzene rings is 2. The normalized spacial score (nSPS) is 10.3. The summed E-state index contributed by atoms with van der Waals surface area (Å²) in [7, 11) is 2.66. The summed E-state index contributed by atoms with van der Waals surface area (Å²) in [6.45, 7) is 0. The molecule has 0 aliphatic carbocycles. The second-order valence-electron chi connectivity index (χ2n) is 5.12. The molecule has 9 heteroatoms. The molecule has 0 atom stereocenters. The number of ether oxygens (including phenoxy) is 2. The van der Waals surface area contributed by atoms with Crippen molar-refractivity contribution in [2.24, 2.45) is 5.10 Å². The van der Waals surface area contributed by atoms with Gasteiger partial charge in [-0.15, -0.1) is 0 Å². The number of para-hydroxylation sites is 1. The Kier molecular flexibility index (Phi) is 6.48. The maximum atomic E-state index is 11.8. The van der Waals surface area contributed by atoms with Gasteiger partial charge < -0.3 is 19.9 Å². The minimum Gasteiger partial charge on any atom is -0.504 e. The Morgan fingerprint density at radius 1 is 1.04 bits per heavy atom. The molecule has 0 radical (unpaired) electrons. The zero-order chi connectivity index (χ0) is 19.8. The zero-order valence-electron chi connectivity index (χ0n) is 14.6. The highest BCUT2D eigenvalue weighted by molar-refractivity contribution is 6.39. The summed E-state index contributed by atoms with van der Waals surface area (Å²) in [6.07, 6.45) is 1.17. The summed E-state index contributed by atoms with van der Waals surface area (Å²) < 4.78 is 9.52. The first kappa shape index (κ1) is 19.4. The maximum Gasteiger partial charge on any atom is 0.337 e. The van der Waals surface area contributed by atoms with Gasteiger partial charge >= 0.3 is 17.8 Å². The number of carbonyl (C=O) groups is 3. The molecule has 0 saturated heterocycles. The predicted octanol–water partition coefficient (Wildman–Crippen LogP) is 1.28. The zero-order valence-corrected chi connectivity index (χ0v) is 14.6. The number of carbonyl (C=O) groups excluding carboxylic acids is 3. The van der Waals surface area contributed by atoms with Gasteiger partial charge in [-0.1, -0.05) is 6.07 Å². The number of nitrogens with zero attached hydrogens (tertiary/aromatic N) is 1. The van der Waals surface area contributed by atoms with Crippen LogP contribution in [0, 0.1) is 0 Å². The lowest BCUT2D eigenvalue weighted by Gasteiger charge is -2.06. The number of methoxy groups -OCH3 is 2. The smallest absolute Gasteiger partial charge is 0.337 e. The lowest BCUT2D eigenvalue weighted by atomic mass is 10.2. The first-order valence-corrected chi connectivity index (χ1v) is 7.65. The molecule has 27 heavy (non-hydrogen) atoms. The number of phenolic OH excluding ortho intramolecular Hbond substituents is 1. The van der Waals surface area contributed by atoms with Gasteiger partial charge in [0.25, 0.3) is 0 Å². The predicted molar refractivity (Wildman–Crippen MR) is 96.8 cm³/mol. The fourth-order valence-electron chi connectivity index (χ4n) is 2.01. The third kappa shape index (κ3) is 5.05. The molecule has 0 fully saturated rings. The van der Waals surface area contributed by atoms with E-state index in [4.69, 9.17) is 4.74 Å². The topological polar surface area (TPSA) is 126 Å². The van der Waals surface area contributed by atoms with Gasteiger partial charge in [-0.05, 0) is 36.4 Å². The van der Waals surface area contributed by atoms with Crippen LogP contribution < -0.4 is 15.5 Å². The molecular weight excluding hydrogens is 354 g/mol. The van der Waals surface area contributed by atoms with Crippen LogP contribution >= 0.6 is 0 Å². The van der Waals surface area contributed by atoms with Crippen molar-refractivity contribution in [3.8, 4) is 11.5 Å². The molecule has 140 valence electrons. The van der Waals surface area contributed by atoms with E-state index < -0.39 is 17.8 Å². The molecule has 0 unspecified atom stereocenters. The standard InChI is InChI=1S/C18H17N3O6/c1-26-14-5-3-4-12(15(14)22)10-19-21-17(24)16(23)20-13-8-6-11(7-9-13)18(25)27-2/h3-10,22H,1-2H3,(H,20,23)(H,21,24)/b19-10-. The number of phenols is 1. The molecule has 9 nitrogen and oxygen atoms in total. The lowest BCUT2D eigenvalue weighted by molar-refractivity contribution is -0.136. The number of aromatic hydroxyl groups is 1. The van der Waals surface area contributed by atoms with E-state index in [1.165, 1.54) is 44.7 Å². The molecule has 0 saturated carbocycles. The van der Waals surface area contributed by atoms with Crippen LogP contribution in [0.4, 0.5) is 5.69 Å². The number of hydrogen-bond acceptors (Lipinski definition) is 7. The van der Waals surface area contributed by atoms with Crippen molar-refractivity contribution in [3.63, 3.8) is 0 Å². The number of rotatable bonds is 5. The van der Waals surface area contributed by atoms with Crippen LogP contribution in [0.15, 0.2) is 47.6 Å². The number of hydrogen-bond donors (Lipinski definition) is 3. The van der Waals surface area contributed by atoms with Crippen molar-refractivity contribution < 1.29 is 29.0 Å². The molecule has 2 rings (SSSR count). The monoisotopic (exact) mass is 371 g/mol. The summed E-state index contributed by atoms with van der Waals surface area (Å²) in [6, 6.07) is 10.5. The highest BCUT2D eigenvalue weighted by Crippen LogP contribution is 2.27. The van der Waals surface area contributed by atoms with E-state index in [9.17, 15) is 19.5 Å². The Labute approximate surface area is 154 Å². The minimum absolute atomic E-state index is 0.145. The maximum absolute atomic E-state index is 11.8. The third-order valence-corrected chi connectivity index (χ3v) is 3.39. The highest BCUT2D eigenvalue weighted by atomic mass is 16.5. The van der Waals surface area contributed by atoms with E-state index in [0.717, 1.165) is 0 Å². The summed E-state index contributed by atoms with van der Waals surface area (Å²) in [5, 5.41) is 15.9. The van der Waals surface area contributed by atoms with Crippen molar-refractivity contribution in [1.82, 2.24) is 5.43 Å². The van der Waals surface area contributed by atoms with Gasteiger partial charge in [0.2, 0.25) is 0 Å². The molecule has 2 amide bonds. The van der Waals surface area contributed by atoms with E-state index >= 15 is 0 Å². The number of amides is 2. The van der Waals surface area contributed by atoms with Crippen LogP contribution in [-0.2, 0) is 14.3 Å². The van der Waals surface area contributed by atoms with Crippen molar-refractivity contribution in [2.45, 2.75) is 0 Å². The van der Waals surface area contributed by atoms with Crippen molar-refractivity contribution in [2.75, 3.05) is 19.5 Å². The Bertz CT molecular complexity index is 877.